The molecule has 0 unspecified atom stereocenters. The second kappa shape index (κ2) is 4.56. The predicted octanol–water partition coefficient (Wildman–Crippen LogP) is 3.67. The summed E-state index contributed by atoms with van der Waals surface area (Å²) in [5, 5.41) is 0. The van der Waals surface area contributed by atoms with E-state index >= 15 is 0 Å². The molecule has 0 saturated carbocycles. The summed E-state index contributed by atoms with van der Waals surface area (Å²) in [6.07, 6.45) is 4.20. The van der Waals surface area contributed by atoms with Crippen molar-refractivity contribution in [2.45, 2.75) is 39.4 Å². The molecule has 98 valence electrons. The second-order valence-corrected chi connectivity index (χ2v) is 5.22. The van der Waals surface area contributed by atoms with Gasteiger partial charge in [0.05, 0.1) is 13.2 Å². The monoisotopic (exact) mass is 248 g/mol. The van der Waals surface area contributed by atoms with Crippen LogP contribution in [0.5, 0.6) is 17.2 Å². The van der Waals surface area contributed by atoms with Crippen molar-refractivity contribution in [3.8, 4) is 17.2 Å². The normalized spacial score (nSPS) is 16.1. The molecule has 1 aromatic rings. The number of hydrogen-bond donors (Lipinski definition) is 0. The minimum absolute atomic E-state index is 0.101. The Hall–Kier alpha value is -1.64. The summed E-state index contributed by atoms with van der Waals surface area (Å²) >= 11 is 0. The highest BCUT2D eigenvalue weighted by Gasteiger charge is 2.26. The van der Waals surface area contributed by atoms with E-state index < -0.39 is 0 Å². The molecule has 1 heterocycles. The van der Waals surface area contributed by atoms with Crippen molar-refractivity contribution in [2.24, 2.45) is 0 Å². The lowest BCUT2D eigenvalue weighted by molar-refractivity contribution is 0.148. The van der Waals surface area contributed by atoms with E-state index in [4.69, 9.17) is 14.2 Å². The first kappa shape index (κ1) is 12.8. The largest absolute Gasteiger partial charge is 0.490 e. The Morgan fingerprint density at radius 2 is 1.94 bits per heavy atom. The van der Waals surface area contributed by atoms with Crippen LogP contribution in [0.4, 0.5) is 0 Å². The van der Waals surface area contributed by atoms with Gasteiger partial charge in [-0.15, -0.1) is 0 Å². The van der Waals surface area contributed by atoms with E-state index in [0.717, 1.165) is 17.1 Å². The van der Waals surface area contributed by atoms with Gasteiger partial charge in [-0.2, -0.15) is 0 Å². The summed E-state index contributed by atoms with van der Waals surface area (Å²) in [7, 11) is 1.64. The van der Waals surface area contributed by atoms with Gasteiger partial charge in [-0.1, -0.05) is 6.08 Å². The molecule has 1 aliphatic heterocycles. The molecule has 18 heavy (non-hydrogen) atoms. The molecule has 1 aliphatic rings. The van der Waals surface area contributed by atoms with Crippen LogP contribution >= 0.6 is 0 Å². The van der Waals surface area contributed by atoms with E-state index in [0.29, 0.717) is 5.75 Å². The second-order valence-electron chi connectivity index (χ2n) is 5.22. The topological polar surface area (TPSA) is 27.7 Å². The van der Waals surface area contributed by atoms with E-state index in [2.05, 4.69) is 6.08 Å². The minimum atomic E-state index is -0.323. The van der Waals surface area contributed by atoms with Crippen molar-refractivity contribution in [3.63, 3.8) is 0 Å². The van der Waals surface area contributed by atoms with E-state index in [9.17, 15) is 0 Å². The van der Waals surface area contributed by atoms with Crippen LogP contribution in [0.1, 0.15) is 33.3 Å². The zero-order valence-corrected chi connectivity index (χ0v) is 11.6. The van der Waals surface area contributed by atoms with Crippen molar-refractivity contribution < 1.29 is 14.2 Å². The zero-order chi connectivity index (χ0) is 13.3. The standard InChI is InChI=1S/C15H20O3/c1-10(2)17-12-7-6-11-8-9-15(3,4)18-13(11)14(12)16-5/h6-10H,1-5H3. The first-order valence-electron chi connectivity index (χ1n) is 6.19. The van der Waals surface area contributed by atoms with Crippen molar-refractivity contribution in [3.05, 3.63) is 23.8 Å². The lowest BCUT2D eigenvalue weighted by Gasteiger charge is -2.29. The highest BCUT2D eigenvalue weighted by molar-refractivity contribution is 5.68. The lowest BCUT2D eigenvalue weighted by Crippen LogP contribution is -2.27. The quantitative estimate of drug-likeness (QED) is 0.817. The maximum absolute atomic E-state index is 5.97. The zero-order valence-electron chi connectivity index (χ0n) is 11.6. The summed E-state index contributed by atoms with van der Waals surface area (Å²) in [5.41, 5.74) is 0.693. The van der Waals surface area contributed by atoms with Gasteiger partial charge in [0.15, 0.2) is 11.5 Å². The van der Waals surface area contributed by atoms with Crippen molar-refractivity contribution in [1.29, 1.82) is 0 Å². The first-order valence-corrected chi connectivity index (χ1v) is 6.19. The summed E-state index contributed by atoms with van der Waals surface area (Å²) in [5.74, 6) is 2.14. The smallest absolute Gasteiger partial charge is 0.203 e. The van der Waals surface area contributed by atoms with E-state index in [-0.39, 0.29) is 11.7 Å². The Morgan fingerprint density at radius 1 is 1.22 bits per heavy atom. The SMILES string of the molecule is COc1c(OC(C)C)ccc2c1OC(C)(C)C=C2. The van der Waals surface area contributed by atoms with Gasteiger partial charge < -0.3 is 14.2 Å². The highest BCUT2D eigenvalue weighted by Crippen LogP contribution is 2.44. The molecule has 0 spiro atoms. The van der Waals surface area contributed by atoms with Gasteiger partial charge in [-0.25, -0.2) is 0 Å². The summed E-state index contributed by atoms with van der Waals surface area (Å²) in [4.78, 5) is 0. The lowest BCUT2D eigenvalue weighted by atomic mass is 10.0. The molecule has 0 aromatic heterocycles. The third kappa shape index (κ3) is 2.45. The van der Waals surface area contributed by atoms with Crippen LogP contribution in [-0.4, -0.2) is 18.8 Å². The third-order valence-corrected chi connectivity index (χ3v) is 2.70. The Labute approximate surface area is 108 Å². The molecule has 0 radical (unpaired) electrons. The van der Waals surface area contributed by atoms with Crippen LogP contribution in [-0.2, 0) is 0 Å². The fourth-order valence-electron chi connectivity index (χ4n) is 1.92. The van der Waals surface area contributed by atoms with Gasteiger partial charge in [0.1, 0.15) is 5.60 Å². The molecule has 0 N–H and O–H groups in total. The molecule has 0 saturated heterocycles. The molecule has 0 amide bonds. The van der Waals surface area contributed by atoms with Gasteiger partial charge in [-0.3, -0.25) is 0 Å². The Bertz CT molecular complexity index is 473. The van der Waals surface area contributed by atoms with Crippen LogP contribution in [0.15, 0.2) is 18.2 Å². The summed E-state index contributed by atoms with van der Waals surface area (Å²) < 4.78 is 17.2. The number of hydrogen-bond acceptors (Lipinski definition) is 3. The van der Waals surface area contributed by atoms with Crippen LogP contribution in [0.3, 0.4) is 0 Å². The van der Waals surface area contributed by atoms with Crippen LogP contribution in [0, 0.1) is 0 Å². The van der Waals surface area contributed by atoms with Gasteiger partial charge in [-0.05, 0) is 45.9 Å². The number of rotatable bonds is 3. The third-order valence-electron chi connectivity index (χ3n) is 2.70. The van der Waals surface area contributed by atoms with Crippen LogP contribution in [0.25, 0.3) is 6.08 Å². The molecular weight excluding hydrogens is 228 g/mol. The summed E-state index contributed by atoms with van der Waals surface area (Å²) in [6.45, 7) is 8.01. The number of methoxy groups -OCH3 is 1. The molecule has 0 bridgehead atoms. The van der Waals surface area contributed by atoms with E-state index in [1.165, 1.54) is 0 Å². The number of ether oxygens (including phenoxy) is 3. The fourth-order valence-corrected chi connectivity index (χ4v) is 1.92. The van der Waals surface area contributed by atoms with Crippen molar-refractivity contribution in [1.82, 2.24) is 0 Å². The molecular formula is C15H20O3. The average Bonchev–Trinajstić information content (AvgIpc) is 2.26. The Balaban J connectivity index is 2.48. The van der Waals surface area contributed by atoms with E-state index in [1.807, 2.05) is 45.9 Å². The maximum atomic E-state index is 5.97. The molecule has 0 atom stereocenters. The first-order chi connectivity index (χ1) is 8.43. The Kier molecular flexibility index (Phi) is 3.24. The Morgan fingerprint density at radius 3 is 2.56 bits per heavy atom. The predicted molar refractivity (Wildman–Crippen MR) is 72.5 cm³/mol. The summed E-state index contributed by atoms with van der Waals surface area (Å²) in [6, 6.07) is 3.91. The molecule has 1 aromatic carbocycles. The van der Waals surface area contributed by atoms with E-state index in [1.54, 1.807) is 7.11 Å². The van der Waals surface area contributed by atoms with Gasteiger partial charge in [0.2, 0.25) is 5.75 Å². The van der Waals surface area contributed by atoms with Gasteiger partial charge >= 0.3 is 0 Å². The number of benzene rings is 1. The fraction of sp³-hybridized carbons (Fsp3) is 0.467. The minimum Gasteiger partial charge on any atom is -0.490 e. The van der Waals surface area contributed by atoms with Crippen LogP contribution in [0.2, 0.25) is 0 Å². The maximum Gasteiger partial charge on any atom is 0.203 e. The van der Waals surface area contributed by atoms with Gasteiger partial charge in [0.25, 0.3) is 0 Å². The molecule has 0 aliphatic carbocycles. The molecule has 3 heteroatoms. The van der Waals surface area contributed by atoms with Crippen molar-refractivity contribution in [2.75, 3.05) is 7.11 Å². The van der Waals surface area contributed by atoms with Crippen LogP contribution < -0.4 is 14.2 Å². The van der Waals surface area contributed by atoms with Crippen molar-refractivity contribution >= 4 is 6.08 Å². The average molecular weight is 248 g/mol. The molecule has 2 rings (SSSR count). The molecule has 3 nitrogen and oxygen atoms in total. The molecule has 0 fully saturated rings. The number of fused-ring (bicyclic) bond motifs is 1. The highest BCUT2D eigenvalue weighted by atomic mass is 16.5. The van der Waals surface area contributed by atoms with Gasteiger partial charge in [0, 0.05) is 5.56 Å².